The normalized spacial score (nSPS) is 12.6. The van der Waals surface area contributed by atoms with Crippen LogP contribution < -0.4 is 10.6 Å². The Morgan fingerprint density at radius 2 is 1.74 bits per heavy atom. The van der Waals surface area contributed by atoms with Crippen LogP contribution in [0.2, 0.25) is 5.02 Å². The molecule has 1 atom stereocenters. The van der Waals surface area contributed by atoms with Gasteiger partial charge in [-0.15, -0.1) is 0 Å². The van der Waals surface area contributed by atoms with Crippen molar-refractivity contribution in [3.63, 3.8) is 0 Å². The second kappa shape index (κ2) is 7.63. The lowest BCUT2D eigenvalue weighted by atomic mass is 10.1. The quantitative estimate of drug-likeness (QED) is 0.556. The number of hydrogen-bond acceptors (Lipinski definition) is 2. The molecule has 3 nitrogen and oxygen atoms in total. The summed E-state index contributed by atoms with van der Waals surface area (Å²) in [5.74, 6) is -0.341. The Labute approximate surface area is 154 Å². The van der Waals surface area contributed by atoms with Crippen LogP contribution >= 0.6 is 46.4 Å². The molecule has 0 aliphatic heterocycles. The molecule has 7 heteroatoms. The van der Waals surface area contributed by atoms with Gasteiger partial charge in [-0.1, -0.05) is 64.1 Å². The van der Waals surface area contributed by atoms with Crippen molar-refractivity contribution in [2.75, 3.05) is 5.32 Å². The fourth-order valence-electron chi connectivity index (χ4n) is 1.91. The Kier molecular flexibility index (Phi) is 6.04. The van der Waals surface area contributed by atoms with Crippen LogP contribution in [-0.2, 0) is 0 Å². The average Bonchev–Trinajstić information content (AvgIpc) is 2.47. The second-order valence-electron chi connectivity index (χ2n) is 4.97. The van der Waals surface area contributed by atoms with Crippen LogP contribution in [0.5, 0.6) is 0 Å². The summed E-state index contributed by atoms with van der Waals surface area (Å²) in [6, 6.07) is 14.0. The lowest BCUT2D eigenvalue weighted by Crippen LogP contribution is -2.49. The van der Waals surface area contributed by atoms with E-state index in [0.29, 0.717) is 16.3 Å². The maximum Gasteiger partial charge on any atom is 0.252 e. The minimum Gasteiger partial charge on any atom is -0.362 e. The van der Waals surface area contributed by atoms with Crippen LogP contribution in [-0.4, -0.2) is 15.9 Å². The van der Waals surface area contributed by atoms with Crippen molar-refractivity contribution in [2.45, 2.75) is 16.9 Å². The van der Waals surface area contributed by atoms with Gasteiger partial charge in [-0.25, -0.2) is 0 Å². The third-order valence-corrected chi connectivity index (χ3v) is 3.94. The van der Waals surface area contributed by atoms with Crippen molar-refractivity contribution in [1.29, 1.82) is 0 Å². The number of benzene rings is 2. The van der Waals surface area contributed by atoms with Gasteiger partial charge in [0.25, 0.3) is 5.91 Å². The zero-order valence-electron chi connectivity index (χ0n) is 12.1. The highest BCUT2D eigenvalue weighted by Crippen LogP contribution is 2.31. The van der Waals surface area contributed by atoms with Gasteiger partial charge < -0.3 is 10.6 Å². The van der Waals surface area contributed by atoms with E-state index in [-0.39, 0.29) is 5.91 Å². The Morgan fingerprint density at radius 1 is 1.09 bits per heavy atom. The molecule has 2 aromatic rings. The molecular weight excluding hydrogens is 378 g/mol. The maximum absolute atomic E-state index is 12.4. The number of aryl methyl sites for hydroxylation is 1. The molecule has 0 fully saturated rings. The fraction of sp³-hybridized carbons (Fsp3) is 0.188. The second-order valence-corrected chi connectivity index (χ2v) is 7.77. The summed E-state index contributed by atoms with van der Waals surface area (Å²) in [4.78, 5) is 12.4. The summed E-state index contributed by atoms with van der Waals surface area (Å²) in [5, 5.41) is 6.25. The van der Waals surface area contributed by atoms with Gasteiger partial charge in [0.05, 0.1) is 0 Å². The standard InChI is InChI=1S/C16H14Cl4N2O/c1-10-3-2-4-11(9-10)14(23)22-15(16(18,19)20)21-13-7-5-12(17)6-8-13/h2-9,15,21H,1H3,(H,22,23)/t15-/m0/s1. The molecular formula is C16H14Cl4N2O. The first kappa shape index (κ1) is 18.2. The third kappa shape index (κ3) is 5.47. The van der Waals surface area contributed by atoms with Crippen LogP contribution in [0, 0.1) is 6.92 Å². The van der Waals surface area contributed by atoms with E-state index in [2.05, 4.69) is 10.6 Å². The molecule has 0 unspecified atom stereocenters. The fourth-order valence-corrected chi connectivity index (χ4v) is 2.37. The zero-order chi connectivity index (χ0) is 17.0. The summed E-state index contributed by atoms with van der Waals surface area (Å²) >= 11 is 23.8. The minimum atomic E-state index is -1.74. The van der Waals surface area contributed by atoms with Gasteiger partial charge in [0.15, 0.2) is 0 Å². The molecule has 2 aromatic carbocycles. The van der Waals surface area contributed by atoms with Crippen LogP contribution in [0.15, 0.2) is 48.5 Å². The number of halogens is 4. The van der Waals surface area contributed by atoms with E-state index < -0.39 is 9.96 Å². The molecule has 122 valence electrons. The SMILES string of the molecule is Cc1cccc(C(=O)N[C@H](Nc2ccc(Cl)cc2)C(Cl)(Cl)Cl)c1. The van der Waals surface area contributed by atoms with Gasteiger partial charge in [-0.05, 0) is 43.3 Å². The Hall–Kier alpha value is -1.13. The first-order chi connectivity index (χ1) is 10.8. The van der Waals surface area contributed by atoms with E-state index >= 15 is 0 Å². The van der Waals surface area contributed by atoms with Crippen LogP contribution in [0.1, 0.15) is 15.9 Å². The van der Waals surface area contributed by atoms with Gasteiger partial charge in [0, 0.05) is 16.3 Å². The Bertz CT molecular complexity index is 683. The molecule has 0 radical (unpaired) electrons. The molecule has 1 amide bonds. The highest BCUT2D eigenvalue weighted by molar-refractivity contribution is 6.68. The van der Waals surface area contributed by atoms with Crippen molar-refractivity contribution >= 4 is 58.0 Å². The van der Waals surface area contributed by atoms with Gasteiger partial charge in [-0.3, -0.25) is 4.79 Å². The van der Waals surface area contributed by atoms with Crippen LogP contribution in [0.3, 0.4) is 0 Å². The topological polar surface area (TPSA) is 41.1 Å². The minimum absolute atomic E-state index is 0.341. The molecule has 0 saturated heterocycles. The zero-order valence-corrected chi connectivity index (χ0v) is 15.1. The number of alkyl halides is 3. The summed E-state index contributed by atoms with van der Waals surface area (Å²) in [7, 11) is 0. The molecule has 0 aliphatic carbocycles. The Balaban J connectivity index is 2.16. The van der Waals surface area contributed by atoms with E-state index in [4.69, 9.17) is 46.4 Å². The summed E-state index contributed by atoms with van der Waals surface area (Å²) < 4.78 is -1.74. The van der Waals surface area contributed by atoms with Crippen molar-refractivity contribution in [3.8, 4) is 0 Å². The summed E-state index contributed by atoms with van der Waals surface area (Å²) in [6.07, 6.45) is -0.915. The molecule has 0 aliphatic rings. The van der Waals surface area contributed by atoms with Crippen molar-refractivity contribution in [2.24, 2.45) is 0 Å². The van der Waals surface area contributed by atoms with E-state index in [0.717, 1.165) is 5.56 Å². The number of carbonyl (C=O) groups is 1. The number of anilines is 1. The third-order valence-electron chi connectivity index (χ3n) is 3.04. The molecule has 0 saturated carbocycles. The lowest BCUT2D eigenvalue weighted by molar-refractivity contribution is 0.0941. The number of carbonyl (C=O) groups excluding carboxylic acids is 1. The molecule has 0 spiro atoms. The summed E-state index contributed by atoms with van der Waals surface area (Å²) in [5.41, 5.74) is 2.12. The average molecular weight is 392 g/mol. The van der Waals surface area contributed by atoms with Crippen LogP contribution in [0.25, 0.3) is 0 Å². The number of amides is 1. The predicted molar refractivity (Wildman–Crippen MR) is 97.8 cm³/mol. The maximum atomic E-state index is 12.4. The first-order valence-corrected chi connectivity index (χ1v) is 8.23. The predicted octanol–water partition coefficient (Wildman–Crippen LogP) is 5.19. The molecule has 23 heavy (non-hydrogen) atoms. The van der Waals surface area contributed by atoms with Gasteiger partial charge in [0.1, 0.15) is 6.17 Å². The number of rotatable bonds is 4. The largest absolute Gasteiger partial charge is 0.362 e. The van der Waals surface area contributed by atoms with E-state index in [1.807, 2.05) is 13.0 Å². The number of hydrogen-bond donors (Lipinski definition) is 2. The molecule has 0 bridgehead atoms. The van der Waals surface area contributed by atoms with E-state index in [9.17, 15) is 4.79 Å². The summed E-state index contributed by atoms with van der Waals surface area (Å²) in [6.45, 7) is 1.90. The first-order valence-electron chi connectivity index (χ1n) is 6.72. The van der Waals surface area contributed by atoms with E-state index in [1.54, 1.807) is 42.5 Å². The highest BCUT2D eigenvalue weighted by Gasteiger charge is 2.34. The molecule has 0 aromatic heterocycles. The molecule has 2 N–H and O–H groups in total. The van der Waals surface area contributed by atoms with Gasteiger partial charge in [0.2, 0.25) is 3.79 Å². The van der Waals surface area contributed by atoms with Gasteiger partial charge in [-0.2, -0.15) is 0 Å². The Morgan fingerprint density at radius 3 is 2.30 bits per heavy atom. The smallest absolute Gasteiger partial charge is 0.252 e. The highest BCUT2D eigenvalue weighted by atomic mass is 35.6. The lowest BCUT2D eigenvalue weighted by Gasteiger charge is -2.27. The number of nitrogens with one attached hydrogen (secondary N) is 2. The molecule has 2 rings (SSSR count). The van der Waals surface area contributed by atoms with E-state index in [1.165, 1.54) is 0 Å². The molecule has 0 heterocycles. The van der Waals surface area contributed by atoms with Crippen LogP contribution in [0.4, 0.5) is 5.69 Å². The monoisotopic (exact) mass is 390 g/mol. The van der Waals surface area contributed by atoms with Crippen molar-refractivity contribution in [3.05, 3.63) is 64.7 Å². The van der Waals surface area contributed by atoms with Crippen molar-refractivity contribution in [1.82, 2.24) is 5.32 Å². The van der Waals surface area contributed by atoms with Gasteiger partial charge >= 0.3 is 0 Å². The van der Waals surface area contributed by atoms with Crippen molar-refractivity contribution < 1.29 is 4.79 Å².